The maximum Gasteiger partial charge on any atom is 0.0776 e. The summed E-state index contributed by atoms with van der Waals surface area (Å²) in [6, 6.07) is 0. The smallest absolute Gasteiger partial charge is 0.0776 e. The average Bonchev–Trinajstić information content (AvgIpc) is 2.83. The van der Waals surface area contributed by atoms with E-state index in [0.717, 1.165) is 45.1 Å². The molecule has 232 valence electrons. The SMILES string of the molecule is C=CCCCCCCC(O)CC(C)C.CCC(O)CC(C)C.CCCCC(CC)COCC(O)CC(C)C. The lowest BCUT2D eigenvalue weighted by Gasteiger charge is -2.17. The van der Waals surface area contributed by atoms with Crippen molar-refractivity contribution >= 4 is 0 Å². The van der Waals surface area contributed by atoms with Gasteiger partial charge in [-0.25, -0.2) is 0 Å². The van der Waals surface area contributed by atoms with Crippen LogP contribution in [0.15, 0.2) is 12.7 Å². The molecule has 0 saturated heterocycles. The van der Waals surface area contributed by atoms with Crippen molar-refractivity contribution in [1.29, 1.82) is 0 Å². The van der Waals surface area contributed by atoms with Crippen molar-refractivity contribution in [3.05, 3.63) is 12.7 Å². The second-order valence-corrected chi connectivity index (χ2v) is 12.5. The van der Waals surface area contributed by atoms with Gasteiger partial charge in [-0.05, 0) is 75.0 Å². The van der Waals surface area contributed by atoms with E-state index in [-0.39, 0.29) is 18.3 Å². The van der Waals surface area contributed by atoms with Crippen molar-refractivity contribution in [3.63, 3.8) is 0 Å². The standard InChI is InChI=1S/C14H30O2.C13H26O.C7H16O/c1-5-7-8-13(6-2)10-16-11-14(15)9-12(3)4;1-4-5-6-7-8-9-10-13(14)11-12(2)3;1-4-7(8)5-6(2)3/h12-15H,5-11H2,1-4H3;4,12-14H,1,5-11H2,2-3H3;6-8H,4-5H2,1-3H3. The normalized spacial score (nSPS) is 14.4. The topological polar surface area (TPSA) is 69.9 Å². The zero-order chi connectivity index (χ0) is 29.8. The Morgan fingerprint density at radius 3 is 1.58 bits per heavy atom. The van der Waals surface area contributed by atoms with Gasteiger partial charge >= 0.3 is 0 Å². The van der Waals surface area contributed by atoms with Crippen LogP contribution in [0.3, 0.4) is 0 Å². The van der Waals surface area contributed by atoms with Crippen LogP contribution in [0, 0.1) is 23.7 Å². The molecule has 0 aliphatic rings. The highest BCUT2D eigenvalue weighted by atomic mass is 16.5. The number of ether oxygens (including phenoxy) is 1. The van der Waals surface area contributed by atoms with Crippen LogP contribution < -0.4 is 0 Å². The number of aliphatic hydroxyl groups excluding tert-OH is 3. The fourth-order valence-electron chi connectivity index (χ4n) is 4.28. The summed E-state index contributed by atoms with van der Waals surface area (Å²) in [5, 5.41) is 28.3. The third kappa shape index (κ3) is 37.7. The number of rotatable bonds is 22. The second kappa shape index (κ2) is 31.1. The zero-order valence-electron chi connectivity index (χ0n) is 27.4. The van der Waals surface area contributed by atoms with Gasteiger partial charge in [-0.1, -0.05) is 107 Å². The summed E-state index contributed by atoms with van der Waals surface area (Å²) in [5.41, 5.74) is 0. The number of unbranched alkanes of at least 4 members (excludes halogenated alkanes) is 5. The fourth-order valence-corrected chi connectivity index (χ4v) is 4.28. The van der Waals surface area contributed by atoms with Gasteiger partial charge in [-0.15, -0.1) is 6.58 Å². The Labute approximate surface area is 240 Å². The minimum atomic E-state index is -0.288. The quantitative estimate of drug-likeness (QED) is 0.0938. The lowest BCUT2D eigenvalue weighted by atomic mass is 10.0. The van der Waals surface area contributed by atoms with Gasteiger partial charge in [0.1, 0.15) is 0 Å². The molecule has 0 rings (SSSR count). The minimum Gasteiger partial charge on any atom is -0.393 e. The van der Waals surface area contributed by atoms with Gasteiger partial charge in [-0.2, -0.15) is 0 Å². The van der Waals surface area contributed by atoms with Crippen molar-refractivity contribution in [2.75, 3.05) is 13.2 Å². The summed E-state index contributed by atoms with van der Waals surface area (Å²) in [5.74, 6) is 2.46. The molecule has 0 aromatic carbocycles. The fraction of sp³-hybridized carbons (Fsp3) is 0.941. The molecule has 4 heteroatoms. The second-order valence-electron chi connectivity index (χ2n) is 12.5. The van der Waals surface area contributed by atoms with Gasteiger partial charge in [0.2, 0.25) is 0 Å². The Bertz CT molecular complexity index is 450. The molecule has 0 amide bonds. The lowest BCUT2D eigenvalue weighted by molar-refractivity contribution is 0.0105. The third-order valence-corrected chi connectivity index (χ3v) is 6.60. The maximum atomic E-state index is 9.66. The Hall–Kier alpha value is -0.420. The van der Waals surface area contributed by atoms with E-state index in [4.69, 9.17) is 9.84 Å². The molecule has 4 atom stereocenters. The molecule has 38 heavy (non-hydrogen) atoms. The lowest BCUT2D eigenvalue weighted by Crippen LogP contribution is -2.20. The molecule has 0 aromatic heterocycles. The first-order valence-corrected chi connectivity index (χ1v) is 16.2. The Kier molecular flexibility index (Phi) is 34.4. The zero-order valence-corrected chi connectivity index (χ0v) is 27.4. The van der Waals surface area contributed by atoms with Crippen LogP contribution in [0.4, 0.5) is 0 Å². The van der Waals surface area contributed by atoms with Crippen molar-refractivity contribution in [2.24, 2.45) is 23.7 Å². The molecule has 0 heterocycles. The number of allylic oxidation sites excluding steroid dienone is 1. The van der Waals surface area contributed by atoms with Crippen molar-refractivity contribution < 1.29 is 20.1 Å². The van der Waals surface area contributed by atoms with Crippen LogP contribution >= 0.6 is 0 Å². The Morgan fingerprint density at radius 1 is 0.605 bits per heavy atom. The van der Waals surface area contributed by atoms with Crippen LogP contribution in [0.5, 0.6) is 0 Å². The van der Waals surface area contributed by atoms with E-state index in [9.17, 15) is 10.2 Å². The molecule has 4 nitrogen and oxygen atoms in total. The van der Waals surface area contributed by atoms with Crippen molar-refractivity contribution in [2.45, 2.75) is 171 Å². The first-order valence-electron chi connectivity index (χ1n) is 16.2. The highest BCUT2D eigenvalue weighted by Crippen LogP contribution is 2.14. The van der Waals surface area contributed by atoms with E-state index >= 15 is 0 Å². The molecule has 0 aliphatic heterocycles. The van der Waals surface area contributed by atoms with Crippen LogP contribution in [0.2, 0.25) is 0 Å². The summed E-state index contributed by atoms with van der Waals surface area (Å²) >= 11 is 0. The van der Waals surface area contributed by atoms with Crippen molar-refractivity contribution in [3.8, 4) is 0 Å². The average molecular weight is 545 g/mol. The molecule has 0 aromatic rings. The van der Waals surface area contributed by atoms with Gasteiger partial charge in [0.05, 0.1) is 24.9 Å². The van der Waals surface area contributed by atoms with E-state index in [1.165, 1.54) is 51.4 Å². The minimum absolute atomic E-state index is 0.0741. The molecule has 0 bridgehead atoms. The van der Waals surface area contributed by atoms with Gasteiger partial charge in [0, 0.05) is 6.61 Å². The van der Waals surface area contributed by atoms with Crippen LogP contribution in [0.1, 0.15) is 152 Å². The summed E-state index contributed by atoms with van der Waals surface area (Å²) in [4.78, 5) is 0. The van der Waals surface area contributed by atoms with E-state index in [1.54, 1.807) is 0 Å². The summed E-state index contributed by atoms with van der Waals surface area (Å²) in [7, 11) is 0. The van der Waals surface area contributed by atoms with E-state index in [1.807, 2.05) is 13.0 Å². The molecule has 4 unspecified atom stereocenters. The van der Waals surface area contributed by atoms with Crippen LogP contribution in [-0.4, -0.2) is 46.8 Å². The van der Waals surface area contributed by atoms with Crippen molar-refractivity contribution in [1.82, 2.24) is 0 Å². The number of hydrogen-bond donors (Lipinski definition) is 3. The van der Waals surface area contributed by atoms with Crippen LogP contribution in [-0.2, 0) is 4.74 Å². The molecule has 0 spiro atoms. The van der Waals surface area contributed by atoms with E-state index in [2.05, 4.69) is 62.0 Å². The molecular weight excluding hydrogens is 472 g/mol. The number of aliphatic hydroxyl groups is 3. The summed E-state index contributed by atoms with van der Waals surface area (Å²) in [6.45, 7) is 24.3. The summed E-state index contributed by atoms with van der Waals surface area (Å²) < 4.78 is 5.60. The van der Waals surface area contributed by atoms with E-state index < -0.39 is 0 Å². The Morgan fingerprint density at radius 2 is 1.13 bits per heavy atom. The van der Waals surface area contributed by atoms with Gasteiger partial charge in [0.25, 0.3) is 0 Å². The first kappa shape index (κ1) is 42.1. The molecule has 3 N–H and O–H groups in total. The highest BCUT2D eigenvalue weighted by molar-refractivity contribution is 4.66. The maximum absolute atomic E-state index is 9.66. The Balaban J connectivity index is -0.000000510. The predicted molar refractivity (Wildman–Crippen MR) is 169 cm³/mol. The molecule has 0 fully saturated rings. The first-order chi connectivity index (χ1) is 17.9. The van der Waals surface area contributed by atoms with Crippen LogP contribution in [0.25, 0.3) is 0 Å². The molecular formula is C34H72O4. The molecule has 0 aliphatic carbocycles. The number of hydrogen-bond acceptors (Lipinski definition) is 4. The summed E-state index contributed by atoms with van der Waals surface area (Å²) in [6.07, 6.45) is 17.2. The van der Waals surface area contributed by atoms with Gasteiger partial charge in [0.15, 0.2) is 0 Å². The predicted octanol–water partition coefficient (Wildman–Crippen LogP) is 9.35. The van der Waals surface area contributed by atoms with Gasteiger partial charge < -0.3 is 20.1 Å². The largest absolute Gasteiger partial charge is 0.393 e. The molecule has 0 saturated carbocycles. The third-order valence-electron chi connectivity index (χ3n) is 6.60. The monoisotopic (exact) mass is 545 g/mol. The highest BCUT2D eigenvalue weighted by Gasteiger charge is 2.10. The van der Waals surface area contributed by atoms with Gasteiger partial charge in [-0.3, -0.25) is 0 Å². The molecule has 0 radical (unpaired) electrons. The van der Waals surface area contributed by atoms with E-state index in [0.29, 0.717) is 30.3 Å².